The Morgan fingerprint density at radius 2 is 1.55 bits per heavy atom. The molecule has 22 heavy (non-hydrogen) atoms. The number of nitrogens with one attached hydrogen (secondary N) is 2. The number of ether oxygens (including phenoxy) is 2. The first-order chi connectivity index (χ1) is 10.7. The van der Waals surface area contributed by atoms with E-state index in [0.29, 0.717) is 0 Å². The summed E-state index contributed by atoms with van der Waals surface area (Å²) >= 11 is 0. The van der Waals surface area contributed by atoms with E-state index in [1.807, 2.05) is 62.4 Å². The molecule has 0 atom stereocenters. The summed E-state index contributed by atoms with van der Waals surface area (Å²) in [4.78, 5) is 0. The van der Waals surface area contributed by atoms with Crippen LogP contribution in [0, 0.1) is 0 Å². The fourth-order valence-corrected chi connectivity index (χ4v) is 2.07. The summed E-state index contributed by atoms with van der Waals surface area (Å²) in [7, 11) is 1.67. The molecular formula is C18H24N2O2. The first kappa shape index (κ1) is 16.0. The third-order valence-electron chi connectivity index (χ3n) is 3.08. The van der Waals surface area contributed by atoms with E-state index in [2.05, 4.69) is 10.6 Å². The third-order valence-corrected chi connectivity index (χ3v) is 3.08. The van der Waals surface area contributed by atoms with E-state index in [4.69, 9.17) is 9.47 Å². The Bertz CT molecular complexity index is 568. The number of hydrogen-bond acceptors (Lipinski definition) is 4. The second-order valence-electron chi connectivity index (χ2n) is 5.28. The Balaban J connectivity index is 1.74. The van der Waals surface area contributed by atoms with E-state index in [0.717, 1.165) is 36.0 Å². The lowest BCUT2D eigenvalue weighted by atomic mass is 10.3. The molecule has 0 spiro atoms. The average molecular weight is 300 g/mol. The van der Waals surface area contributed by atoms with Gasteiger partial charge in [-0.25, -0.2) is 0 Å². The number of rotatable bonds is 8. The molecule has 118 valence electrons. The van der Waals surface area contributed by atoms with Crippen molar-refractivity contribution in [2.24, 2.45) is 0 Å². The SMILES string of the molecule is COc1cccc(NCCNc2ccc(OC(C)C)cc2)c1. The van der Waals surface area contributed by atoms with Gasteiger partial charge in [0.25, 0.3) is 0 Å². The molecule has 0 bridgehead atoms. The summed E-state index contributed by atoms with van der Waals surface area (Å²) < 4.78 is 10.8. The van der Waals surface area contributed by atoms with Gasteiger partial charge in [-0.05, 0) is 50.2 Å². The lowest BCUT2D eigenvalue weighted by molar-refractivity contribution is 0.242. The Morgan fingerprint density at radius 3 is 2.18 bits per heavy atom. The van der Waals surface area contributed by atoms with Crippen molar-refractivity contribution in [3.05, 3.63) is 48.5 Å². The number of hydrogen-bond donors (Lipinski definition) is 2. The van der Waals surface area contributed by atoms with Gasteiger partial charge in [0.15, 0.2) is 0 Å². The Labute approximate surface area is 132 Å². The van der Waals surface area contributed by atoms with Gasteiger partial charge in [0.2, 0.25) is 0 Å². The minimum atomic E-state index is 0.200. The number of benzene rings is 2. The maximum atomic E-state index is 5.62. The van der Waals surface area contributed by atoms with Gasteiger partial charge >= 0.3 is 0 Å². The van der Waals surface area contributed by atoms with Gasteiger partial charge in [-0.3, -0.25) is 0 Å². The van der Waals surface area contributed by atoms with Crippen LogP contribution in [0.1, 0.15) is 13.8 Å². The molecule has 0 fully saturated rings. The zero-order valence-electron chi connectivity index (χ0n) is 13.4. The van der Waals surface area contributed by atoms with Gasteiger partial charge in [-0.15, -0.1) is 0 Å². The van der Waals surface area contributed by atoms with Crippen LogP contribution in [0.25, 0.3) is 0 Å². The molecule has 4 heteroatoms. The molecule has 0 saturated heterocycles. The van der Waals surface area contributed by atoms with Crippen LogP contribution in [-0.2, 0) is 0 Å². The smallest absolute Gasteiger partial charge is 0.120 e. The molecule has 0 aliphatic rings. The lowest BCUT2D eigenvalue weighted by Gasteiger charge is -2.12. The first-order valence-electron chi connectivity index (χ1n) is 7.56. The van der Waals surface area contributed by atoms with Crippen LogP contribution in [0.5, 0.6) is 11.5 Å². The van der Waals surface area contributed by atoms with Crippen LogP contribution < -0.4 is 20.1 Å². The van der Waals surface area contributed by atoms with Gasteiger partial charge in [0.1, 0.15) is 11.5 Å². The average Bonchev–Trinajstić information content (AvgIpc) is 2.53. The van der Waals surface area contributed by atoms with Crippen molar-refractivity contribution in [1.29, 1.82) is 0 Å². The molecule has 0 unspecified atom stereocenters. The van der Waals surface area contributed by atoms with Gasteiger partial charge in [0.05, 0.1) is 13.2 Å². The zero-order chi connectivity index (χ0) is 15.8. The number of anilines is 2. The Hall–Kier alpha value is -2.36. The van der Waals surface area contributed by atoms with E-state index >= 15 is 0 Å². The van der Waals surface area contributed by atoms with Crippen LogP contribution in [0.3, 0.4) is 0 Å². The van der Waals surface area contributed by atoms with Crippen molar-refractivity contribution in [2.45, 2.75) is 20.0 Å². The number of methoxy groups -OCH3 is 1. The standard InChI is InChI=1S/C18H24N2O2/c1-14(2)22-17-9-7-15(8-10-17)19-11-12-20-16-5-4-6-18(13-16)21-3/h4-10,13-14,19-20H,11-12H2,1-3H3. The molecule has 4 nitrogen and oxygen atoms in total. The second-order valence-corrected chi connectivity index (χ2v) is 5.28. The molecule has 0 aromatic heterocycles. The van der Waals surface area contributed by atoms with Crippen LogP contribution in [0.2, 0.25) is 0 Å². The predicted molar refractivity (Wildman–Crippen MR) is 92.2 cm³/mol. The highest BCUT2D eigenvalue weighted by atomic mass is 16.5. The molecule has 2 aromatic rings. The van der Waals surface area contributed by atoms with Gasteiger partial charge in [0, 0.05) is 30.5 Å². The highest BCUT2D eigenvalue weighted by Gasteiger charge is 1.98. The monoisotopic (exact) mass is 300 g/mol. The largest absolute Gasteiger partial charge is 0.497 e. The fourth-order valence-electron chi connectivity index (χ4n) is 2.07. The zero-order valence-corrected chi connectivity index (χ0v) is 13.4. The molecule has 0 amide bonds. The Morgan fingerprint density at radius 1 is 0.864 bits per heavy atom. The lowest BCUT2D eigenvalue weighted by Crippen LogP contribution is -2.13. The summed E-state index contributed by atoms with van der Waals surface area (Å²) in [6.07, 6.45) is 0.200. The summed E-state index contributed by atoms with van der Waals surface area (Å²) in [5.74, 6) is 1.76. The van der Waals surface area contributed by atoms with E-state index in [-0.39, 0.29) is 6.10 Å². The van der Waals surface area contributed by atoms with E-state index < -0.39 is 0 Å². The molecule has 0 radical (unpaired) electrons. The summed E-state index contributed by atoms with van der Waals surface area (Å²) in [6.45, 7) is 5.71. The van der Waals surface area contributed by atoms with Gasteiger partial charge in [-0.2, -0.15) is 0 Å². The molecule has 0 saturated carbocycles. The minimum Gasteiger partial charge on any atom is -0.497 e. The van der Waals surface area contributed by atoms with E-state index in [9.17, 15) is 0 Å². The van der Waals surface area contributed by atoms with Crippen molar-refractivity contribution < 1.29 is 9.47 Å². The van der Waals surface area contributed by atoms with Crippen LogP contribution in [0.15, 0.2) is 48.5 Å². The van der Waals surface area contributed by atoms with Crippen molar-refractivity contribution in [3.63, 3.8) is 0 Å². The highest BCUT2D eigenvalue weighted by molar-refractivity contribution is 5.49. The van der Waals surface area contributed by atoms with Gasteiger partial charge in [-0.1, -0.05) is 6.07 Å². The normalized spacial score (nSPS) is 10.4. The van der Waals surface area contributed by atoms with Crippen molar-refractivity contribution in [1.82, 2.24) is 0 Å². The minimum absolute atomic E-state index is 0.200. The molecule has 2 aromatic carbocycles. The van der Waals surface area contributed by atoms with Crippen LogP contribution >= 0.6 is 0 Å². The van der Waals surface area contributed by atoms with Crippen molar-refractivity contribution in [2.75, 3.05) is 30.8 Å². The summed E-state index contributed by atoms with van der Waals surface area (Å²) in [6, 6.07) is 16.0. The molecule has 0 heterocycles. The molecule has 0 aliphatic heterocycles. The van der Waals surface area contributed by atoms with Crippen LogP contribution in [0.4, 0.5) is 11.4 Å². The van der Waals surface area contributed by atoms with Gasteiger partial charge < -0.3 is 20.1 Å². The van der Waals surface area contributed by atoms with Crippen molar-refractivity contribution in [3.8, 4) is 11.5 Å². The van der Waals surface area contributed by atoms with Crippen LogP contribution in [-0.4, -0.2) is 26.3 Å². The van der Waals surface area contributed by atoms with E-state index in [1.54, 1.807) is 7.11 Å². The predicted octanol–water partition coefficient (Wildman–Crippen LogP) is 4.01. The summed E-state index contributed by atoms with van der Waals surface area (Å²) in [5, 5.41) is 6.73. The first-order valence-corrected chi connectivity index (χ1v) is 7.56. The molecule has 2 rings (SSSR count). The highest BCUT2D eigenvalue weighted by Crippen LogP contribution is 2.17. The van der Waals surface area contributed by atoms with Crippen molar-refractivity contribution >= 4 is 11.4 Å². The summed E-state index contributed by atoms with van der Waals surface area (Å²) in [5.41, 5.74) is 2.14. The molecule has 2 N–H and O–H groups in total. The second kappa shape index (κ2) is 8.17. The maximum absolute atomic E-state index is 5.62. The molecule has 0 aliphatic carbocycles. The fraction of sp³-hybridized carbons (Fsp3) is 0.333. The van der Waals surface area contributed by atoms with E-state index in [1.165, 1.54) is 0 Å². The molecular weight excluding hydrogens is 276 g/mol. The topological polar surface area (TPSA) is 42.5 Å². The third kappa shape index (κ3) is 5.20. The quantitative estimate of drug-likeness (QED) is 0.723. The maximum Gasteiger partial charge on any atom is 0.120 e. The Kier molecular flexibility index (Phi) is 5.95.